The lowest BCUT2D eigenvalue weighted by Crippen LogP contribution is -2.38. The number of nitrogens with one attached hydrogen (secondary N) is 2. The number of carbonyl (C=O) groups excluding carboxylic acids is 1. The maximum Gasteiger partial charge on any atom is 0.319 e. The fourth-order valence-corrected chi connectivity index (χ4v) is 4.04. The average molecular weight is 319 g/mol. The molecule has 2 N–H and O–H groups in total. The molecule has 0 spiro atoms. The van der Waals surface area contributed by atoms with Crippen LogP contribution >= 0.6 is 11.3 Å². The van der Waals surface area contributed by atoms with E-state index in [1.54, 1.807) is 4.57 Å². The van der Waals surface area contributed by atoms with E-state index in [2.05, 4.69) is 10.6 Å². The lowest BCUT2D eigenvalue weighted by molar-refractivity contribution is 0.244. The summed E-state index contributed by atoms with van der Waals surface area (Å²) in [5.74, 6) is 0. The Balaban J connectivity index is 1.70. The minimum Gasteiger partial charge on any atom is -0.335 e. The molecule has 0 radical (unpaired) electrons. The molecule has 22 heavy (non-hydrogen) atoms. The highest BCUT2D eigenvalue weighted by Crippen LogP contribution is 2.22. The number of urea groups is 1. The maximum absolute atomic E-state index is 12.1. The van der Waals surface area contributed by atoms with Crippen LogP contribution in [0.15, 0.2) is 23.0 Å². The molecule has 0 unspecified atom stereocenters. The van der Waals surface area contributed by atoms with Crippen LogP contribution in [0.4, 0.5) is 10.5 Å². The van der Waals surface area contributed by atoms with E-state index in [0.717, 1.165) is 28.7 Å². The highest BCUT2D eigenvalue weighted by Gasteiger charge is 2.16. The number of aryl methyl sites for hydroxylation is 1. The molecule has 6 heteroatoms. The Morgan fingerprint density at radius 3 is 2.82 bits per heavy atom. The van der Waals surface area contributed by atoms with Gasteiger partial charge in [0.15, 0.2) is 0 Å². The Kier molecular flexibility index (Phi) is 4.47. The van der Waals surface area contributed by atoms with E-state index < -0.39 is 0 Å². The molecule has 0 atom stereocenters. The number of carbonyl (C=O) groups is 1. The van der Waals surface area contributed by atoms with Gasteiger partial charge in [-0.15, -0.1) is 0 Å². The Morgan fingerprint density at radius 2 is 2.09 bits per heavy atom. The highest BCUT2D eigenvalue weighted by molar-refractivity contribution is 7.16. The van der Waals surface area contributed by atoms with Crippen molar-refractivity contribution in [2.75, 3.05) is 5.32 Å². The summed E-state index contributed by atoms with van der Waals surface area (Å²) in [6.45, 7) is 2.62. The van der Waals surface area contributed by atoms with Crippen LogP contribution in [0, 0.1) is 0 Å². The van der Waals surface area contributed by atoms with Gasteiger partial charge >= 0.3 is 10.9 Å². The van der Waals surface area contributed by atoms with Crippen molar-refractivity contribution in [1.82, 2.24) is 9.88 Å². The molecule has 2 amide bonds. The Morgan fingerprint density at radius 1 is 1.32 bits per heavy atom. The van der Waals surface area contributed by atoms with Crippen LogP contribution in [-0.4, -0.2) is 16.6 Å². The van der Waals surface area contributed by atoms with Gasteiger partial charge in [-0.05, 0) is 38.0 Å². The number of anilines is 1. The van der Waals surface area contributed by atoms with Crippen molar-refractivity contribution in [2.24, 2.45) is 0 Å². The van der Waals surface area contributed by atoms with Gasteiger partial charge in [-0.1, -0.05) is 30.6 Å². The molecule has 2 aromatic rings. The molecule has 3 rings (SSSR count). The number of aromatic nitrogens is 1. The first-order chi connectivity index (χ1) is 10.7. The average Bonchev–Trinajstić information content (AvgIpc) is 2.82. The van der Waals surface area contributed by atoms with Gasteiger partial charge < -0.3 is 10.6 Å². The van der Waals surface area contributed by atoms with Crippen LogP contribution in [0.5, 0.6) is 0 Å². The van der Waals surface area contributed by atoms with Crippen molar-refractivity contribution in [1.29, 1.82) is 0 Å². The second-order valence-corrected chi connectivity index (χ2v) is 6.72. The fraction of sp³-hybridized carbons (Fsp3) is 0.500. The topological polar surface area (TPSA) is 63.1 Å². The van der Waals surface area contributed by atoms with Gasteiger partial charge in [-0.25, -0.2) is 4.79 Å². The first kappa shape index (κ1) is 15.1. The van der Waals surface area contributed by atoms with Crippen molar-refractivity contribution < 1.29 is 4.79 Å². The monoisotopic (exact) mass is 319 g/mol. The third kappa shape index (κ3) is 3.16. The van der Waals surface area contributed by atoms with E-state index in [9.17, 15) is 9.59 Å². The van der Waals surface area contributed by atoms with E-state index >= 15 is 0 Å². The Labute approximate surface area is 133 Å². The smallest absolute Gasteiger partial charge is 0.319 e. The highest BCUT2D eigenvalue weighted by atomic mass is 32.1. The minimum atomic E-state index is -0.159. The zero-order valence-electron chi connectivity index (χ0n) is 12.7. The van der Waals surface area contributed by atoms with Crippen molar-refractivity contribution in [3.05, 3.63) is 27.9 Å². The summed E-state index contributed by atoms with van der Waals surface area (Å²) >= 11 is 1.22. The number of hydrogen-bond acceptors (Lipinski definition) is 3. The lowest BCUT2D eigenvalue weighted by atomic mass is 9.96. The number of benzene rings is 1. The van der Waals surface area contributed by atoms with Crippen molar-refractivity contribution in [2.45, 2.75) is 51.6 Å². The summed E-state index contributed by atoms with van der Waals surface area (Å²) < 4.78 is 2.65. The van der Waals surface area contributed by atoms with Gasteiger partial charge in [0, 0.05) is 18.3 Å². The van der Waals surface area contributed by atoms with E-state index in [-0.39, 0.29) is 16.9 Å². The van der Waals surface area contributed by atoms with E-state index in [0.29, 0.717) is 6.54 Å². The van der Waals surface area contributed by atoms with Crippen LogP contribution in [0.2, 0.25) is 0 Å². The van der Waals surface area contributed by atoms with Gasteiger partial charge in [0.25, 0.3) is 0 Å². The second kappa shape index (κ2) is 6.52. The summed E-state index contributed by atoms with van der Waals surface area (Å²) in [6, 6.07) is 5.74. The van der Waals surface area contributed by atoms with Gasteiger partial charge in [0.2, 0.25) is 0 Å². The number of nitrogens with zero attached hydrogens (tertiary/aromatic N) is 1. The minimum absolute atomic E-state index is 0.0429. The predicted molar refractivity (Wildman–Crippen MR) is 90.8 cm³/mol. The molecule has 118 valence electrons. The SMILES string of the molecule is CCn1c(=O)sc2cc(NC(=O)NC3CCCCC3)ccc21. The summed E-state index contributed by atoms with van der Waals surface area (Å²) in [4.78, 5) is 23.9. The number of amides is 2. The Bertz CT molecular complexity index is 729. The molecule has 1 aromatic heterocycles. The largest absolute Gasteiger partial charge is 0.335 e. The zero-order chi connectivity index (χ0) is 15.5. The molecule has 1 aliphatic rings. The van der Waals surface area contributed by atoms with Crippen LogP contribution < -0.4 is 15.5 Å². The normalized spacial score (nSPS) is 15.9. The first-order valence-corrected chi connectivity index (χ1v) is 8.70. The molecule has 1 aliphatic carbocycles. The molecule has 1 fully saturated rings. The van der Waals surface area contributed by atoms with Crippen LogP contribution in [-0.2, 0) is 6.54 Å². The zero-order valence-corrected chi connectivity index (χ0v) is 13.5. The van der Waals surface area contributed by atoms with E-state index in [1.165, 1.54) is 30.6 Å². The molecule has 0 saturated heterocycles. The fourth-order valence-electron chi connectivity index (χ4n) is 3.04. The van der Waals surface area contributed by atoms with Gasteiger partial charge in [0.05, 0.1) is 10.2 Å². The van der Waals surface area contributed by atoms with Gasteiger partial charge in [0.1, 0.15) is 0 Å². The molecule has 1 saturated carbocycles. The van der Waals surface area contributed by atoms with Crippen LogP contribution in [0.3, 0.4) is 0 Å². The van der Waals surface area contributed by atoms with Crippen molar-refractivity contribution >= 4 is 33.3 Å². The van der Waals surface area contributed by atoms with Crippen molar-refractivity contribution in [3.63, 3.8) is 0 Å². The third-order valence-electron chi connectivity index (χ3n) is 4.18. The predicted octanol–water partition coefficient (Wildman–Crippen LogP) is 3.54. The third-order valence-corrected chi connectivity index (χ3v) is 5.12. The number of rotatable bonds is 3. The lowest BCUT2D eigenvalue weighted by Gasteiger charge is -2.22. The van der Waals surface area contributed by atoms with Gasteiger partial charge in [-0.2, -0.15) is 0 Å². The van der Waals surface area contributed by atoms with Crippen LogP contribution in [0.1, 0.15) is 39.0 Å². The summed E-state index contributed by atoms with van der Waals surface area (Å²) in [6.07, 6.45) is 5.77. The second-order valence-electron chi connectivity index (χ2n) is 5.73. The van der Waals surface area contributed by atoms with Crippen molar-refractivity contribution in [3.8, 4) is 0 Å². The van der Waals surface area contributed by atoms with E-state index in [4.69, 9.17) is 0 Å². The molecule has 1 heterocycles. The molecule has 1 aromatic carbocycles. The van der Waals surface area contributed by atoms with Gasteiger partial charge in [-0.3, -0.25) is 9.36 Å². The van der Waals surface area contributed by atoms with E-state index in [1.807, 2.05) is 25.1 Å². The first-order valence-electron chi connectivity index (χ1n) is 7.88. The molecule has 5 nitrogen and oxygen atoms in total. The number of thiazole rings is 1. The summed E-state index contributed by atoms with van der Waals surface area (Å²) in [7, 11) is 0. The molecule has 0 bridgehead atoms. The number of fused-ring (bicyclic) bond motifs is 1. The summed E-state index contributed by atoms with van der Waals surface area (Å²) in [5, 5.41) is 5.90. The molecule has 0 aliphatic heterocycles. The standard InChI is InChI=1S/C16H21N3O2S/c1-2-19-13-9-8-12(10-14(13)22-16(19)21)18-15(20)17-11-6-4-3-5-7-11/h8-11H,2-7H2,1H3,(H2,17,18,20). The molecular weight excluding hydrogens is 298 g/mol. The number of hydrogen-bond donors (Lipinski definition) is 2. The summed E-state index contributed by atoms with van der Waals surface area (Å²) in [5.41, 5.74) is 1.65. The maximum atomic E-state index is 12.1. The molecular formula is C16H21N3O2S. The quantitative estimate of drug-likeness (QED) is 0.909. The van der Waals surface area contributed by atoms with Crippen LogP contribution in [0.25, 0.3) is 10.2 Å². The Hall–Kier alpha value is -1.82.